The van der Waals surface area contributed by atoms with Crippen LogP contribution < -0.4 is 10.6 Å². The van der Waals surface area contributed by atoms with E-state index in [1.54, 1.807) is 0 Å². The number of nitro groups is 1. The molecule has 1 saturated heterocycles. The fourth-order valence-electron chi connectivity index (χ4n) is 2.19. The van der Waals surface area contributed by atoms with Crippen molar-refractivity contribution >= 4 is 34.6 Å². The van der Waals surface area contributed by atoms with E-state index in [4.69, 9.17) is 23.2 Å². The summed E-state index contributed by atoms with van der Waals surface area (Å²) >= 11 is 11.8. The van der Waals surface area contributed by atoms with E-state index >= 15 is 0 Å². The molecule has 104 valence electrons. The molecule has 0 bridgehead atoms. The highest BCUT2D eigenvalue weighted by molar-refractivity contribution is 6.42. The van der Waals surface area contributed by atoms with E-state index in [0.717, 1.165) is 32.4 Å². The normalized spacial score (nSPS) is 19.8. The molecular weight excluding hydrogens is 289 g/mol. The van der Waals surface area contributed by atoms with Crippen LogP contribution in [0.15, 0.2) is 12.1 Å². The van der Waals surface area contributed by atoms with E-state index < -0.39 is 4.92 Å². The number of nitrogens with one attached hydrogen (secondary N) is 2. The highest BCUT2D eigenvalue weighted by Gasteiger charge is 2.20. The van der Waals surface area contributed by atoms with Crippen LogP contribution in [0.1, 0.15) is 19.3 Å². The number of rotatable bonds is 3. The van der Waals surface area contributed by atoms with Crippen molar-refractivity contribution in [1.29, 1.82) is 0 Å². The molecule has 0 radical (unpaired) electrons. The van der Waals surface area contributed by atoms with Gasteiger partial charge >= 0.3 is 0 Å². The molecule has 1 aromatic carbocycles. The molecule has 7 heteroatoms. The predicted octanol–water partition coefficient (Wildman–Crippen LogP) is 3.46. The van der Waals surface area contributed by atoms with Gasteiger partial charge in [0.1, 0.15) is 5.69 Å². The molecule has 19 heavy (non-hydrogen) atoms. The third-order valence-electron chi connectivity index (χ3n) is 3.17. The largest absolute Gasteiger partial charge is 0.377 e. The maximum atomic E-state index is 11.0. The van der Waals surface area contributed by atoms with Gasteiger partial charge in [-0.05, 0) is 38.4 Å². The summed E-state index contributed by atoms with van der Waals surface area (Å²) < 4.78 is 0. The zero-order valence-corrected chi connectivity index (χ0v) is 11.8. The Morgan fingerprint density at radius 3 is 2.74 bits per heavy atom. The van der Waals surface area contributed by atoms with Gasteiger partial charge < -0.3 is 10.6 Å². The molecule has 5 nitrogen and oxygen atoms in total. The van der Waals surface area contributed by atoms with Gasteiger partial charge in [-0.1, -0.05) is 23.2 Å². The lowest BCUT2D eigenvalue weighted by molar-refractivity contribution is -0.384. The van der Waals surface area contributed by atoms with Gasteiger partial charge in [-0.15, -0.1) is 0 Å². The Kier molecular flexibility index (Phi) is 4.85. The van der Waals surface area contributed by atoms with Crippen molar-refractivity contribution in [2.75, 3.05) is 18.4 Å². The summed E-state index contributed by atoms with van der Waals surface area (Å²) in [6.07, 6.45) is 2.95. The number of benzene rings is 1. The van der Waals surface area contributed by atoms with Crippen LogP contribution in [-0.2, 0) is 0 Å². The van der Waals surface area contributed by atoms with Crippen LogP contribution in [0.5, 0.6) is 0 Å². The van der Waals surface area contributed by atoms with Crippen molar-refractivity contribution in [3.05, 3.63) is 32.3 Å². The van der Waals surface area contributed by atoms with E-state index in [0.29, 0.717) is 10.7 Å². The van der Waals surface area contributed by atoms with E-state index in [9.17, 15) is 10.1 Å². The van der Waals surface area contributed by atoms with Crippen molar-refractivity contribution in [2.45, 2.75) is 25.3 Å². The quantitative estimate of drug-likeness (QED) is 0.663. The van der Waals surface area contributed by atoms with Gasteiger partial charge in [-0.3, -0.25) is 10.1 Å². The van der Waals surface area contributed by atoms with Gasteiger partial charge in [0.25, 0.3) is 5.69 Å². The minimum Gasteiger partial charge on any atom is -0.377 e. The average Bonchev–Trinajstić information content (AvgIpc) is 2.62. The van der Waals surface area contributed by atoms with Gasteiger partial charge in [0.15, 0.2) is 0 Å². The first-order chi connectivity index (χ1) is 9.08. The average molecular weight is 304 g/mol. The molecule has 1 aliphatic heterocycles. The minimum absolute atomic E-state index is 0.0355. The molecule has 0 aliphatic carbocycles. The van der Waals surface area contributed by atoms with E-state index in [2.05, 4.69) is 10.6 Å². The standard InChI is InChI=1S/C12H15Cl2N3O2/c13-9-6-11(12(17(18)19)7-10(9)14)16-8-2-1-4-15-5-3-8/h6-8,15-16H,1-5H2. The molecule has 0 amide bonds. The van der Waals surface area contributed by atoms with Gasteiger partial charge in [0.2, 0.25) is 0 Å². The SMILES string of the molecule is O=[N+]([O-])c1cc(Cl)c(Cl)cc1NC1CCCNCC1. The lowest BCUT2D eigenvalue weighted by Crippen LogP contribution is -2.22. The molecule has 1 heterocycles. The predicted molar refractivity (Wildman–Crippen MR) is 77.2 cm³/mol. The lowest BCUT2D eigenvalue weighted by Gasteiger charge is -2.17. The first-order valence-corrected chi connectivity index (χ1v) is 6.94. The third kappa shape index (κ3) is 3.72. The smallest absolute Gasteiger partial charge is 0.293 e. The second-order valence-corrected chi connectivity index (χ2v) is 5.38. The Morgan fingerprint density at radius 1 is 1.26 bits per heavy atom. The summed E-state index contributed by atoms with van der Waals surface area (Å²) in [7, 11) is 0. The molecule has 0 saturated carbocycles. The number of nitro benzene ring substituents is 1. The molecule has 1 aromatic rings. The zero-order chi connectivity index (χ0) is 13.8. The Morgan fingerprint density at radius 2 is 2.00 bits per heavy atom. The number of hydrogen-bond donors (Lipinski definition) is 2. The van der Waals surface area contributed by atoms with Crippen LogP contribution in [0.25, 0.3) is 0 Å². The zero-order valence-electron chi connectivity index (χ0n) is 10.3. The van der Waals surface area contributed by atoms with Crippen LogP contribution in [-0.4, -0.2) is 24.1 Å². The van der Waals surface area contributed by atoms with Crippen molar-refractivity contribution in [3.8, 4) is 0 Å². The van der Waals surface area contributed by atoms with Crippen LogP contribution in [0.4, 0.5) is 11.4 Å². The van der Waals surface area contributed by atoms with Gasteiger partial charge in [0, 0.05) is 12.1 Å². The fraction of sp³-hybridized carbons (Fsp3) is 0.500. The highest BCUT2D eigenvalue weighted by atomic mass is 35.5. The lowest BCUT2D eigenvalue weighted by atomic mass is 10.1. The minimum atomic E-state index is -0.445. The van der Waals surface area contributed by atoms with E-state index in [-0.39, 0.29) is 16.8 Å². The molecule has 2 N–H and O–H groups in total. The summed E-state index contributed by atoms with van der Waals surface area (Å²) in [5.74, 6) is 0. The monoisotopic (exact) mass is 303 g/mol. The summed E-state index contributed by atoms with van der Waals surface area (Å²) in [6, 6.07) is 3.03. The Bertz CT molecular complexity index is 474. The Hall–Kier alpha value is -1.04. The summed E-state index contributed by atoms with van der Waals surface area (Å²) in [4.78, 5) is 10.6. The van der Waals surface area contributed by atoms with Crippen LogP contribution in [0, 0.1) is 10.1 Å². The molecular formula is C12H15Cl2N3O2. The summed E-state index contributed by atoms with van der Waals surface area (Å²) in [5, 5.41) is 18.1. The van der Waals surface area contributed by atoms with Gasteiger partial charge in [-0.2, -0.15) is 0 Å². The van der Waals surface area contributed by atoms with Crippen molar-refractivity contribution in [1.82, 2.24) is 5.32 Å². The van der Waals surface area contributed by atoms with Crippen LogP contribution in [0.2, 0.25) is 10.0 Å². The first-order valence-electron chi connectivity index (χ1n) is 6.18. The highest BCUT2D eigenvalue weighted by Crippen LogP contribution is 2.34. The van der Waals surface area contributed by atoms with Gasteiger partial charge in [0.05, 0.1) is 15.0 Å². The van der Waals surface area contributed by atoms with Crippen LogP contribution >= 0.6 is 23.2 Å². The van der Waals surface area contributed by atoms with Crippen molar-refractivity contribution in [3.63, 3.8) is 0 Å². The summed E-state index contributed by atoms with van der Waals surface area (Å²) in [5.41, 5.74) is 0.401. The molecule has 1 fully saturated rings. The van der Waals surface area contributed by atoms with Crippen molar-refractivity contribution < 1.29 is 4.92 Å². The molecule has 1 atom stereocenters. The molecule has 0 spiro atoms. The van der Waals surface area contributed by atoms with E-state index in [1.807, 2.05) is 0 Å². The summed E-state index contributed by atoms with van der Waals surface area (Å²) in [6.45, 7) is 1.90. The maximum Gasteiger partial charge on any atom is 0.293 e. The number of halogens is 2. The second-order valence-electron chi connectivity index (χ2n) is 4.56. The Labute approximate surface area is 121 Å². The molecule has 1 aliphatic rings. The van der Waals surface area contributed by atoms with Gasteiger partial charge in [-0.25, -0.2) is 0 Å². The van der Waals surface area contributed by atoms with Crippen molar-refractivity contribution in [2.24, 2.45) is 0 Å². The number of nitrogens with zero attached hydrogens (tertiary/aromatic N) is 1. The Balaban J connectivity index is 2.22. The third-order valence-corrected chi connectivity index (χ3v) is 3.89. The first kappa shape index (κ1) is 14.4. The number of hydrogen-bond acceptors (Lipinski definition) is 4. The topological polar surface area (TPSA) is 67.2 Å². The maximum absolute atomic E-state index is 11.0. The molecule has 2 rings (SSSR count). The van der Waals surface area contributed by atoms with Crippen LogP contribution in [0.3, 0.4) is 0 Å². The molecule has 1 unspecified atom stereocenters. The fourth-order valence-corrected chi connectivity index (χ4v) is 2.51. The van der Waals surface area contributed by atoms with E-state index in [1.165, 1.54) is 12.1 Å². The molecule has 0 aromatic heterocycles. The second kappa shape index (κ2) is 6.41. The number of anilines is 1.